The summed E-state index contributed by atoms with van der Waals surface area (Å²) in [4.78, 5) is 2.09. The minimum Gasteiger partial charge on any atom is -0.508 e. The van der Waals surface area contributed by atoms with Crippen molar-refractivity contribution in [3.63, 3.8) is 0 Å². The van der Waals surface area contributed by atoms with Crippen LogP contribution in [0.25, 0.3) is 0 Å². The molecule has 0 spiro atoms. The Balaban J connectivity index is 0.00000180. The Morgan fingerprint density at radius 1 is 1.32 bits per heavy atom. The molecule has 0 unspecified atom stereocenters. The minimum absolute atomic E-state index is 0. The molecule has 1 saturated heterocycles. The van der Waals surface area contributed by atoms with E-state index in [2.05, 4.69) is 10.2 Å². The van der Waals surface area contributed by atoms with Crippen molar-refractivity contribution >= 4 is 12.4 Å². The van der Waals surface area contributed by atoms with Crippen LogP contribution in [-0.4, -0.2) is 42.9 Å². The van der Waals surface area contributed by atoms with Gasteiger partial charge in [0, 0.05) is 37.8 Å². The summed E-state index contributed by atoms with van der Waals surface area (Å²) in [5, 5.41) is 13.0. The van der Waals surface area contributed by atoms with Crippen LogP contribution < -0.4 is 5.32 Å². The van der Waals surface area contributed by atoms with Gasteiger partial charge < -0.3 is 10.4 Å². The molecule has 0 bridgehead atoms. The van der Waals surface area contributed by atoms with Crippen LogP contribution in [0, 0.1) is 5.82 Å². The third-order valence-electron chi connectivity index (χ3n) is 3.32. The molecule has 0 aliphatic carbocycles. The van der Waals surface area contributed by atoms with Gasteiger partial charge in [0.1, 0.15) is 11.6 Å². The average Bonchev–Trinajstić information content (AvgIpc) is 2.40. The third-order valence-corrected chi connectivity index (χ3v) is 3.32. The number of alkyl halides is 1. The molecule has 1 aliphatic rings. The summed E-state index contributed by atoms with van der Waals surface area (Å²) < 4.78 is 26.0. The summed E-state index contributed by atoms with van der Waals surface area (Å²) in [6.07, 6.45) is 0.275. The van der Waals surface area contributed by atoms with Gasteiger partial charge in [-0.2, -0.15) is 0 Å². The van der Waals surface area contributed by atoms with E-state index in [1.807, 2.05) is 0 Å². The number of nitrogens with zero attached hydrogens (tertiary/aromatic N) is 1. The lowest BCUT2D eigenvalue weighted by Gasteiger charge is -2.35. The predicted molar refractivity (Wildman–Crippen MR) is 73.1 cm³/mol. The minimum atomic E-state index is -0.482. The molecule has 2 N–H and O–H groups in total. The van der Waals surface area contributed by atoms with E-state index in [0.29, 0.717) is 5.56 Å². The predicted octanol–water partition coefficient (Wildman–Crippen LogP) is 2.26. The van der Waals surface area contributed by atoms with Crippen LogP contribution >= 0.6 is 12.4 Å². The standard InChI is InChI=1S/C13H18F2N2O.ClH/c14-4-3-12(17-7-5-16-6-8-17)11-9-10(15)1-2-13(11)18;/h1-2,9,12,16,18H,3-8H2;1H/t12-;/m1./s1. The molecule has 108 valence electrons. The van der Waals surface area contributed by atoms with Crippen LogP contribution in [0.2, 0.25) is 0 Å². The molecule has 0 amide bonds. The summed E-state index contributed by atoms with van der Waals surface area (Å²) in [6, 6.07) is 3.59. The maximum absolute atomic E-state index is 13.3. The Kier molecular flexibility index (Phi) is 6.48. The highest BCUT2D eigenvalue weighted by Gasteiger charge is 2.24. The van der Waals surface area contributed by atoms with Crippen molar-refractivity contribution in [1.29, 1.82) is 0 Å². The van der Waals surface area contributed by atoms with E-state index < -0.39 is 12.5 Å². The average molecular weight is 293 g/mol. The molecule has 19 heavy (non-hydrogen) atoms. The van der Waals surface area contributed by atoms with Crippen molar-refractivity contribution in [1.82, 2.24) is 10.2 Å². The first-order valence-electron chi connectivity index (χ1n) is 6.21. The number of phenolic OH excluding ortho intramolecular Hbond substituents is 1. The normalized spacial score (nSPS) is 17.8. The molecule has 2 rings (SSSR count). The van der Waals surface area contributed by atoms with Gasteiger partial charge in [0.2, 0.25) is 0 Å². The maximum Gasteiger partial charge on any atom is 0.123 e. The van der Waals surface area contributed by atoms with E-state index in [4.69, 9.17) is 0 Å². The lowest BCUT2D eigenvalue weighted by atomic mass is 10.0. The molecule has 0 radical (unpaired) electrons. The lowest BCUT2D eigenvalue weighted by molar-refractivity contribution is 0.155. The van der Waals surface area contributed by atoms with E-state index in [1.165, 1.54) is 18.2 Å². The Labute approximate surface area is 118 Å². The smallest absolute Gasteiger partial charge is 0.123 e. The van der Waals surface area contributed by atoms with Crippen molar-refractivity contribution in [3.05, 3.63) is 29.6 Å². The molecule has 1 aromatic rings. The van der Waals surface area contributed by atoms with Crippen molar-refractivity contribution in [2.45, 2.75) is 12.5 Å². The maximum atomic E-state index is 13.3. The van der Waals surface area contributed by atoms with Gasteiger partial charge in [-0.15, -0.1) is 12.4 Å². The van der Waals surface area contributed by atoms with Crippen LogP contribution in [0.15, 0.2) is 18.2 Å². The monoisotopic (exact) mass is 292 g/mol. The number of hydrogen-bond donors (Lipinski definition) is 2. The molecule has 1 fully saturated rings. The Morgan fingerprint density at radius 3 is 2.63 bits per heavy atom. The number of benzene rings is 1. The third kappa shape index (κ3) is 4.03. The van der Waals surface area contributed by atoms with Gasteiger partial charge in [-0.1, -0.05) is 0 Å². The van der Waals surface area contributed by atoms with Crippen molar-refractivity contribution < 1.29 is 13.9 Å². The molecule has 1 heterocycles. The number of halogens is 3. The largest absolute Gasteiger partial charge is 0.508 e. The van der Waals surface area contributed by atoms with E-state index >= 15 is 0 Å². The SMILES string of the molecule is Cl.Oc1ccc(F)cc1[C@@H](CCF)N1CCNCC1. The highest BCUT2D eigenvalue weighted by Crippen LogP contribution is 2.32. The zero-order valence-corrected chi connectivity index (χ0v) is 11.4. The van der Waals surface area contributed by atoms with Crippen LogP contribution in [-0.2, 0) is 0 Å². The van der Waals surface area contributed by atoms with Crippen LogP contribution in [0.1, 0.15) is 18.0 Å². The Bertz CT molecular complexity index is 400. The molecular formula is C13H19ClF2N2O. The zero-order valence-electron chi connectivity index (χ0n) is 10.6. The highest BCUT2D eigenvalue weighted by atomic mass is 35.5. The van der Waals surface area contributed by atoms with Gasteiger partial charge >= 0.3 is 0 Å². The van der Waals surface area contributed by atoms with Crippen molar-refractivity contribution in [2.24, 2.45) is 0 Å². The fraction of sp³-hybridized carbons (Fsp3) is 0.538. The second-order valence-electron chi connectivity index (χ2n) is 4.48. The van der Waals surface area contributed by atoms with E-state index in [-0.39, 0.29) is 30.6 Å². The second kappa shape index (κ2) is 7.62. The van der Waals surface area contributed by atoms with Gasteiger partial charge in [-0.05, 0) is 24.6 Å². The first kappa shape index (κ1) is 16.1. The van der Waals surface area contributed by atoms with Crippen molar-refractivity contribution in [3.8, 4) is 5.75 Å². The number of aromatic hydroxyl groups is 1. The van der Waals surface area contributed by atoms with Crippen LogP contribution in [0.5, 0.6) is 5.75 Å². The Hall–Kier alpha value is -0.910. The summed E-state index contributed by atoms with van der Waals surface area (Å²) in [5.41, 5.74) is 0.481. The molecule has 1 aliphatic heterocycles. The summed E-state index contributed by atoms with van der Waals surface area (Å²) in [5.74, 6) is -0.366. The lowest BCUT2D eigenvalue weighted by Crippen LogP contribution is -2.45. The van der Waals surface area contributed by atoms with E-state index in [1.54, 1.807) is 0 Å². The molecule has 0 saturated carbocycles. The summed E-state index contributed by atoms with van der Waals surface area (Å²) >= 11 is 0. The van der Waals surface area contributed by atoms with Crippen LogP contribution in [0.3, 0.4) is 0 Å². The highest BCUT2D eigenvalue weighted by molar-refractivity contribution is 5.85. The number of nitrogens with one attached hydrogen (secondary N) is 1. The molecule has 6 heteroatoms. The Morgan fingerprint density at radius 2 is 2.00 bits per heavy atom. The zero-order chi connectivity index (χ0) is 13.0. The summed E-state index contributed by atoms with van der Waals surface area (Å²) in [6.45, 7) is 2.74. The van der Waals surface area contributed by atoms with Gasteiger partial charge in [-0.3, -0.25) is 9.29 Å². The second-order valence-corrected chi connectivity index (χ2v) is 4.48. The van der Waals surface area contributed by atoms with Gasteiger partial charge in [0.25, 0.3) is 0 Å². The first-order valence-corrected chi connectivity index (χ1v) is 6.21. The molecule has 1 aromatic carbocycles. The molecular weight excluding hydrogens is 274 g/mol. The van der Waals surface area contributed by atoms with Gasteiger partial charge in [0.05, 0.1) is 6.67 Å². The fourth-order valence-corrected chi connectivity index (χ4v) is 2.42. The van der Waals surface area contributed by atoms with Crippen molar-refractivity contribution in [2.75, 3.05) is 32.9 Å². The molecule has 3 nitrogen and oxygen atoms in total. The first-order chi connectivity index (χ1) is 8.72. The number of rotatable bonds is 4. The number of piperazine rings is 1. The van der Waals surface area contributed by atoms with Gasteiger partial charge in [0.15, 0.2) is 0 Å². The topological polar surface area (TPSA) is 35.5 Å². The molecule has 1 atom stereocenters. The fourth-order valence-electron chi connectivity index (χ4n) is 2.42. The van der Waals surface area contributed by atoms with E-state index in [0.717, 1.165) is 26.2 Å². The molecule has 0 aromatic heterocycles. The van der Waals surface area contributed by atoms with Gasteiger partial charge in [-0.25, -0.2) is 4.39 Å². The van der Waals surface area contributed by atoms with Crippen LogP contribution in [0.4, 0.5) is 8.78 Å². The number of phenols is 1. The van der Waals surface area contributed by atoms with E-state index in [9.17, 15) is 13.9 Å². The number of hydrogen-bond acceptors (Lipinski definition) is 3. The quantitative estimate of drug-likeness (QED) is 0.893. The summed E-state index contributed by atoms with van der Waals surface area (Å²) in [7, 11) is 0.